The van der Waals surface area contributed by atoms with Gasteiger partial charge in [-0.2, -0.15) is 0 Å². The van der Waals surface area contributed by atoms with E-state index in [4.69, 9.17) is 13.9 Å². The number of carbonyl (C=O) groups excluding carboxylic acids is 1. The molecule has 0 saturated heterocycles. The van der Waals surface area contributed by atoms with Gasteiger partial charge in [-0.15, -0.1) is 0 Å². The molecule has 0 spiro atoms. The summed E-state index contributed by atoms with van der Waals surface area (Å²) in [4.78, 5) is 26.3. The standard InChI is InChI=1S/C25H16O7/c26-15-9-5-8-14(21(15)27)18-19-22(12-6-1-3-10-16(12)30-24(19)28)32-23-13-7-2-4-11-17(13)31-25(29)20(18)23/h1-12,16,18,26-27H. The zero-order chi connectivity index (χ0) is 22.0. The quantitative estimate of drug-likeness (QED) is 0.346. The number of phenols is 2. The molecule has 3 aliphatic rings. The monoisotopic (exact) mass is 428 g/mol. The van der Waals surface area contributed by atoms with Crippen molar-refractivity contribution in [3.05, 3.63) is 99.6 Å². The number of phenolic OH excluding ortho intramolecular Hbond substituents is 2. The van der Waals surface area contributed by atoms with Gasteiger partial charge >= 0.3 is 11.6 Å². The van der Waals surface area contributed by atoms with Crippen molar-refractivity contribution in [2.45, 2.75) is 12.0 Å². The van der Waals surface area contributed by atoms with Crippen LogP contribution in [-0.4, -0.2) is 22.3 Å². The van der Waals surface area contributed by atoms with Gasteiger partial charge in [0.15, 0.2) is 11.5 Å². The molecule has 7 nitrogen and oxygen atoms in total. The molecule has 3 heterocycles. The summed E-state index contributed by atoms with van der Waals surface area (Å²) in [5, 5.41) is 21.4. The number of hydrogen-bond acceptors (Lipinski definition) is 7. The molecule has 0 saturated carbocycles. The minimum absolute atomic E-state index is 0.0640. The van der Waals surface area contributed by atoms with Crippen LogP contribution in [-0.2, 0) is 9.53 Å². The number of benzene rings is 2. The van der Waals surface area contributed by atoms with Gasteiger partial charge in [0.1, 0.15) is 23.2 Å². The number of rotatable bonds is 1. The highest BCUT2D eigenvalue weighted by Crippen LogP contribution is 2.51. The summed E-state index contributed by atoms with van der Waals surface area (Å²) >= 11 is 0. The Hall–Kier alpha value is -4.26. The summed E-state index contributed by atoms with van der Waals surface area (Å²) in [5.41, 5.74) is -0.0215. The molecule has 158 valence electrons. The highest BCUT2D eigenvalue weighted by atomic mass is 16.6. The lowest BCUT2D eigenvalue weighted by molar-refractivity contribution is -0.146. The first kappa shape index (κ1) is 18.5. The Bertz CT molecular complexity index is 1460. The predicted octanol–water partition coefficient (Wildman–Crippen LogP) is 3.65. The van der Waals surface area contributed by atoms with Gasteiger partial charge in [0, 0.05) is 5.56 Å². The fourth-order valence-corrected chi connectivity index (χ4v) is 4.63. The normalized spacial score (nSPS) is 23.2. The molecule has 1 aromatic heterocycles. The second kappa shape index (κ2) is 6.62. The van der Waals surface area contributed by atoms with Gasteiger partial charge in [-0.1, -0.05) is 42.5 Å². The molecular weight excluding hydrogens is 412 g/mol. The van der Waals surface area contributed by atoms with E-state index < -0.39 is 35.3 Å². The highest BCUT2D eigenvalue weighted by molar-refractivity contribution is 5.96. The Morgan fingerprint density at radius 3 is 2.59 bits per heavy atom. The maximum Gasteiger partial charge on any atom is 0.344 e. The Labute approximate surface area is 181 Å². The Balaban J connectivity index is 1.72. The minimum atomic E-state index is -1.05. The number of hydrogen-bond donors (Lipinski definition) is 2. The molecule has 3 aromatic rings. The summed E-state index contributed by atoms with van der Waals surface area (Å²) in [6, 6.07) is 11.3. The number of ether oxygens (including phenoxy) is 2. The number of allylic oxidation sites excluding steroid dienone is 2. The number of fused-ring (bicyclic) bond motifs is 5. The van der Waals surface area contributed by atoms with Crippen molar-refractivity contribution in [1.29, 1.82) is 0 Å². The van der Waals surface area contributed by atoms with E-state index >= 15 is 0 Å². The summed E-state index contributed by atoms with van der Waals surface area (Å²) in [6.45, 7) is 0. The van der Waals surface area contributed by atoms with E-state index in [1.807, 2.05) is 12.2 Å². The molecule has 1 aliphatic carbocycles. The molecule has 0 radical (unpaired) electrons. The van der Waals surface area contributed by atoms with E-state index in [0.29, 0.717) is 16.7 Å². The molecule has 7 heteroatoms. The number of aromatic hydroxyl groups is 2. The maximum absolute atomic E-state index is 13.2. The van der Waals surface area contributed by atoms with E-state index in [0.717, 1.165) is 0 Å². The zero-order valence-corrected chi connectivity index (χ0v) is 16.5. The van der Waals surface area contributed by atoms with Crippen molar-refractivity contribution in [2.24, 2.45) is 5.92 Å². The van der Waals surface area contributed by atoms with Crippen LogP contribution >= 0.6 is 0 Å². The van der Waals surface area contributed by atoms with E-state index in [2.05, 4.69) is 0 Å². The molecule has 2 N–H and O–H groups in total. The second-order valence-corrected chi connectivity index (χ2v) is 7.82. The number of para-hydroxylation sites is 2. The van der Waals surface area contributed by atoms with E-state index in [-0.39, 0.29) is 28.2 Å². The van der Waals surface area contributed by atoms with Gasteiger partial charge in [0.25, 0.3) is 0 Å². The van der Waals surface area contributed by atoms with E-state index in [1.54, 1.807) is 42.5 Å². The topological polar surface area (TPSA) is 106 Å². The molecule has 2 aliphatic heterocycles. The van der Waals surface area contributed by atoms with Crippen LogP contribution in [0, 0.1) is 5.92 Å². The highest BCUT2D eigenvalue weighted by Gasteiger charge is 2.47. The lowest BCUT2D eigenvalue weighted by Crippen LogP contribution is -2.40. The zero-order valence-electron chi connectivity index (χ0n) is 16.5. The van der Waals surface area contributed by atoms with Gasteiger partial charge in [-0.3, -0.25) is 0 Å². The van der Waals surface area contributed by atoms with Crippen molar-refractivity contribution in [2.75, 3.05) is 0 Å². The third-order valence-corrected chi connectivity index (χ3v) is 6.06. The molecule has 0 bridgehead atoms. The Kier molecular flexibility index (Phi) is 3.83. The van der Waals surface area contributed by atoms with Crippen molar-refractivity contribution >= 4 is 16.9 Å². The van der Waals surface area contributed by atoms with Gasteiger partial charge in [-0.25, -0.2) is 9.59 Å². The van der Waals surface area contributed by atoms with E-state index in [1.165, 1.54) is 12.1 Å². The first-order chi connectivity index (χ1) is 15.5. The van der Waals surface area contributed by atoms with Crippen LogP contribution in [0.1, 0.15) is 17.0 Å². The lowest BCUT2D eigenvalue weighted by Gasteiger charge is -2.38. The van der Waals surface area contributed by atoms with Crippen molar-refractivity contribution < 1.29 is 28.9 Å². The summed E-state index contributed by atoms with van der Waals surface area (Å²) < 4.78 is 17.4. The van der Waals surface area contributed by atoms with Crippen LogP contribution in [0.2, 0.25) is 0 Å². The van der Waals surface area contributed by atoms with Crippen LogP contribution in [0.25, 0.3) is 11.0 Å². The Morgan fingerprint density at radius 2 is 1.72 bits per heavy atom. The Morgan fingerprint density at radius 1 is 0.906 bits per heavy atom. The number of esters is 1. The SMILES string of the molecule is O=C1OC2C=CC=CC2C2=C1C(c1cccc(O)c1O)c1c(c3ccccc3oc1=O)O2. The molecule has 6 rings (SSSR count). The van der Waals surface area contributed by atoms with Crippen molar-refractivity contribution in [3.8, 4) is 17.2 Å². The molecular formula is C25H16O7. The third-order valence-electron chi connectivity index (χ3n) is 6.06. The summed E-state index contributed by atoms with van der Waals surface area (Å²) in [5.74, 6) is -2.29. The minimum Gasteiger partial charge on any atom is -0.504 e. The average molecular weight is 428 g/mol. The van der Waals surface area contributed by atoms with Gasteiger partial charge in [-0.05, 0) is 24.3 Å². The van der Waals surface area contributed by atoms with Crippen LogP contribution in [0.15, 0.2) is 87.3 Å². The lowest BCUT2D eigenvalue weighted by atomic mass is 9.77. The number of carbonyl (C=O) groups is 1. The van der Waals surface area contributed by atoms with Crippen molar-refractivity contribution in [3.63, 3.8) is 0 Å². The van der Waals surface area contributed by atoms with Crippen LogP contribution < -0.4 is 10.4 Å². The summed E-state index contributed by atoms with van der Waals surface area (Å²) in [6.07, 6.45) is 6.72. The predicted molar refractivity (Wildman–Crippen MR) is 113 cm³/mol. The fraction of sp³-hybridized carbons (Fsp3) is 0.120. The second-order valence-electron chi connectivity index (χ2n) is 7.82. The molecule has 32 heavy (non-hydrogen) atoms. The third kappa shape index (κ3) is 2.48. The fourth-order valence-electron chi connectivity index (χ4n) is 4.63. The first-order valence-corrected chi connectivity index (χ1v) is 10.1. The van der Waals surface area contributed by atoms with Crippen LogP contribution in [0.5, 0.6) is 17.2 Å². The van der Waals surface area contributed by atoms with Crippen molar-refractivity contribution in [1.82, 2.24) is 0 Å². The maximum atomic E-state index is 13.2. The van der Waals surface area contributed by atoms with Crippen LogP contribution in [0.4, 0.5) is 0 Å². The van der Waals surface area contributed by atoms with Gasteiger partial charge < -0.3 is 24.1 Å². The summed E-state index contributed by atoms with van der Waals surface area (Å²) in [7, 11) is 0. The molecule has 0 amide bonds. The molecule has 3 unspecified atom stereocenters. The van der Waals surface area contributed by atoms with Gasteiger partial charge in [0.2, 0.25) is 0 Å². The largest absolute Gasteiger partial charge is 0.504 e. The van der Waals surface area contributed by atoms with E-state index in [9.17, 15) is 19.8 Å². The first-order valence-electron chi connectivity index (χ1n) is 10.1. The molecule has 3 atom stereocenters. The van der Waals surface area contributed by atoms with Gasteiger partial charge in [0.05, 0.1) is 28.4 Å². The average Bonchev–Trinajstić information content (AvgIpc) is 2.80. The van der Waals surface area contributed by atoms with Crippen LogP contribution in [0.3, 0.4) is 0 Å². The smallest absolute Gasteiger partial charge is 0.344 e. The molecule has 2 aromatic carbocycles. The molecule has 0 fully saturated rings.